The molecule has 1 aliphatic rings. The number of benzene rings is 4. The van der Waals surface area contributed by atoms with Crippen molar-refractivity contribution in [1.82, 2.24) is 0 Å². The number of halogens is 2. The van der Waals surface area contributed by atoms with E-state index in [-0.39, 0.29) is 18.0 Å². The quantitative estimate of drug-likeness (QED) is 0.322. The zero-order chi connectivity index (χ0) is 24.5. The number of aromatic carboxylic acids is 1. The number of nitrogens with zero attached hydrogens (tertiary/aromatic N) is 1. The highest BCUT2D eigenvalue weighted by Crippen LogP contribution is 2.44. The van der Waals surface area contributed by atoms with Crippen LogP contribution in [0.2, 0.25) is 5.02 Å². The van der Waals surface area contributed by atoms with E-state index in [0.29, 0.717) is 33.0 Å². The number of hydrogen-bond acceptors (Lipinski definition) is 2. The second kappa shape index (κ2) is 9.20. The van der Waals surface area contributed by atoms with Gasteiger partial charge in [0.05, 0.1) is 23.4 Å². The first-order chi connectivity index (χ1) is 16.9. The number of carboxylic acid groups (broad SMARTS) is 1. The maximum atomic E-state index is 14.4. The summed E-state index contributed by atoms with van der Waals surface area (Å²) in [4.78, 5) is 26.9. The first-order valence-corrected chi connectivity index (χ1v) is 11.3. The van der Waals surface area contributed by atoms with Gasteiger partial charge in [-0.2, -0.15) is 0 Å². The van der Waals surface area contributed by atoms with Gasteiger partial charge in [-0.25, -0.2) is 9.18 Å². The van der Waals surface area contributed by atoms with Crippen molar-refractivity contribution in [2.45, 2.75) is 6.54 Å². The molecule has 1 aliphatic heterocycles. The molecule has 4 aromatic rings. The van der Waals surface area contributed by atoms with Gasteiger partial charge in [0.25, 0.3) is 5.91 Å². The van der Waals surface area contributed by atoms with Crippen molar-refractivity contribution in [2.75, 3.05) is 4.90 Å². The zero-order valence-corrected chi connectivity index (χ0v) is 19.2. The third-order valence-corrected chi connectivity index (χ3v) is 6.19. The molecule has 0 saturated carbocycles. The molecule has 1 heterocycles. The number of rotatable bonds is 5. The van der Waals surface area contributed by atoms with E-state index in [2.05, 4.69) is 0 Å². The molecular weight excluding hydrogens is 465 g/mol. The minimum absolute atomic E-state index is 0.135. The zero-order valence-electron chi connectivity index (χ0n) is 18.4. The van der Waals surface area contributed by atoms with E-state index < -0.39 is 11.8 Å². The van der Waals surface area contributed by atoms with Crippen molar-refractivity contribution >= 4 is 40.3 Å². The van der Waals surface area contributed by atoms with Gasteiger partial charge in [-0.1, -0.05) is 66.2 Å². The SMILES string of the molecule is O=C(O)c1cccc(CN2C(=O)C(=C(c3ccccc3)c3ccc(Cl)cc3)c3cc(F)ccc32)c1. The molecule has 35 heavy (non-hydrogen) atoms. The lowest BCUT2D eigenvalue weighted by atomic mass is 9.90. The van der Waals surface area contributed by atoms with Crippen LogP contribution in [0.4, 0.5) is 10.1 Å². The minimum atomic E-state index is -1.04. The lowest BCUT2D eigenvalue weighted by molar-refractivity contribution is -0.113. The standard InChI is InChI=1S/C29H19ClFNO3/c30-22-11-9-20(10-12-22)26(19-6-2-1-3-7-19)27-24-16-23(31)13-14-25(24)32(28(27)33)17-18-5-4-8-21(15-18)29(34)35/h1-16H,17H2,(H,34,35). The molecule has 0 saturated heterocycles. The summed E-state index contributed by atoms with van der Waals surface area (Å²) in [6, 6.07) is 27.4. The predicted octanol–water partition coefficient (Wildman–Crippen LogP) is 6.68. The molecule has 0 spiro atoms. The maximum Gasteiger partial charge on any atom is 0.335 e. The van der Waals surface area contributed by atoms with Crippen molar-refractivity contribution < 1.29 is 19.1 Å². The lowest BCUT2D eigenvalue weighted by Crippen LogP contribution is -2.26. The van der Waals surface area contributed by atoms with E-state index in [1.165, 1.54) is 24.3 Å². The summed E-state index contributed by atoms with van der Waals surface area (Å²) in [6.45, 7) is 0.144. The number of carboxylic acids is 1. The molecule has 0 bridgehead atoms. The van der Waals surface area contributed by atoms with E-state index >= 15 is 0 Å². The molecule has 0 atom stereocenters. The Bertz CT molecular complexity index is 1480. The van der Waals surface area contributed by atoms with Crippen LogP contribution in [-0.4, -0.2) is 17.0 Å². The van der Waals surface area contributed by atoms with Gasteiger partial charge in [-0.15, -0.1) is 0 Å². The average Bonchev–Trinajstić information content (AvgIpc) is 3.12. The van der Waals surface area contributed by atoms with Crippen molar-refractivity contribution in [1.29, 1.82) is 0 Å². The van der Waals surface area contributed by atoms with Crippen LogP contribution in [0.3, 0.4) is 0 Å². The topological polar surface area (TPSA) is 57.6 Å². The molecule has 1 N–H and O–H groups in total. The molecule has 172 valence electrons. The summed E-state index contributed by atoms with van der Waals surface area (Å²) in [7, 11) is 0. The van der Waals surface area contributed by atoms with Crippen LogP contribution < -0.4 is 4.90 Å². The van der Waals surface area contributed by atoms with Crippen LogP contribution in [0.25, 0.3) is 11.1 Å². The largest absolute Gasteiger partial charge is 0.478 e. The van der Waals surface area contributed by atoms with Gasteiger partial charge in [-0.05, 0) is 59.2 Å². The minimum Gasteiger partial charge on any atom is -0.478 e. The maximum absolute atomic E-state index is 14.4. The highest BCUT2D eigenvalue weighted by atomic mass is 35.5. The summed E-state index contributed by atoms with van der Waals surface area (Å²) in [5.41, 5.74) is 4.46. The number of amides is 1. The first kappa shape index (κ1) is 22.6. The Morgan fingerprint density at radius 1 is 0.829 bits per heavy atom. The van der Waals surface area contributed by atoms with Gasteiger partial charge in [0.1, 0.15) is 5.82 Å². The number of hydrogen-bond donors (Lipinski definition) is 1. The Hall–Kier alpha value is -4.22. The highest BCUT2D eigenvalue weighted by molar-refractivity contribution is 6.39. The molecule has 6 heteroatoms. The fourth-order valence-corrected chi connectivity index (χ4v) is 4.49. The van der Waals surface area contributed by atoms with Gasteiger partial charge in [0.2, 0.25) is 0 Å². The molecule has 0 unspecified atom stereocenters. The Morgan fingerprint density at radius 2 is 1.51 bits per heavy atom. The number of anilines is 1. The van der Waals surface area contributed by atoms with E-state index in [1.54, 1.807) is 35.2 Å². The van der Waals surface area contributed by atoms with Crippen LogP contribution in [-0.2, 0) is 11.3 Å². The molecule has 4 aromatic carbocycles. The van der Waals surface area contributed by atoms with Crippen molar-refractivity contribution in [2.24, 2.45) is 0 Å². The Morgan fingerprint density at radius 3 is 2.23 bits per heavy atom. The van der Waals surface area contributed by atoms with E-state index in [4.69, 9.17) is 11.6 Å². The number of carbonyl (C=O) groups excluding carboxylic acids is 1. The molecule has 4 nitrogen and oxygen atoms in total. The number of fused-ring (bicyclic) bond motifs is 1. The van der Waals surface area contributed by atoms with Crippen molar-refractivity contribution in [3.05, 3.63) is 136 Å². The third-order valence-electron chi connectivity index (χ3n) is 5.94. The molecule has 1 amide bonds. The third kappa shape index (κ3) is 4.34. The monoisotopic (exact) mass is 483 g/mol. The van der Waals surface area contributed by atoms with Crippen LogP contribution in [0, 0.1) is 5.82 Å². The average molecular weight is 484 g/mol. The Balaban J connectivity index is 1.71. The van der Waals surface area contributed by atoms with Crippen LogP contribution >= 0.6 is 11.6 Å². The van der Waals surface area contributed by atoms with Crippen molar-refractivity contribution in [3.63, 3.8) is 0 Å². The highest BCUT2D eigenvalue weighted by Gasteiger charge is 2.35. The predicted molar refractivity (Wildman–Crippen MR) is 135 cm³/mol. The Kier molecular flexibility index (Phi) is 5.93. The van der Waals surface area contributed by atoms with E-state index in [0.717, 1.165) is 11.1 Å². The molecule has 0 aliphatic carbocycles. The van der Waals surface area contributed by atoms with Crippen LogP contribution in [0.1, 0.15) is 32.6 Å². The van der Waals surface area contributed by atoms with Crippen LogP contribution in [0.5, 0.6) is 0 Å². The fraction of sp³-hybridized carbons (Fsp3) is 0.0345. The van der Waals surface area contributed by atoms with Gasteiger partial charge in [0, 0.05) is 16.2 Å². The summed E-state index contributed by atoms with van der Waals surface area (Å²) in [6.07, 6.45) is 0. The van der Waals surface area contributed by atoms with Gasteiger partial charge < -0.3 is 10.0 Å². The Labute approximate surface area is 206 Å². The molecule has 5 rings (SSSR count). The van der Waals surface area contributed by atoms with Gasteiger partial charge in [0.15, 0.2) is 0 Å². The molecule has 0 radical (unpaired) electrons. The van der Waals surface area contributed by atoms with E-state index in [1.807, 2.05) is 42.5 Å². The summed E-state index contributed by atoms with van der Waals surface area (Å²) < 4.78 is 14.4. The smallest absolute Gasteiger partial charge is 0.335 e. The molecular formula is C29H19ClFNO3. The summed E-state index contributed by atoms with van der Waals surface area (Å²) >= 11 is 6.12. The second-order valence-corrected chi connectivity index (χ2v) is 8.62. The van der Waals surface area contributed by atoms with Gasteiger partial charge >= 0.3 is 5.97 Å². The van der Waals surface area contributed by atoms with Gasteiger partial charge in [-0.3, -0.25) is 4.79 Å². The summed E-state index contributed by atoms with van der Waals surface area (Å²) in [5.74, 6) is -1.79. The van der Waals surface area contributed by atoms with Crippen LogP contribution in [0.15, 0.2) is 97.1 Å². The van der Waals surface area contributed by atoms with E-state index in [9.17, 15) is 19.1 Å². The van der Waals surface area contributed by atoms with Crippen molar-refractivity contribution in [3.8, 4) is 0 Å². The second-order valence-electron chi connectivity index (χ2n) is 8.18. The lowest BCUT2D eigenvalue weighted by Gasteiger charge is -2.18. The molecule has 0 aromatic heterocycles. The normalized spacial score (nSPS) is 14.1. The number of carbonyl (C=O) groups is 2. The fourth-order valence-electron chi connectivity index (χ4n) is 4.36. The first-order valence-electron chi connectivity index (χ1n) is 10.9. The summed E-state index contributed by atoms with van der Waals surface area (Å²) in [5, 5.41) is 9.92. The molecule has 0 fully saturated rings.